The fraction of sp³-hybridized carbons (Fsp3) is 0.300. The second kappa shape index (κ2) is 6.48. The molecule has 1 aliphatic rings. The van der Waals surface area contributed by atoms with E-state index in [-0.39, 0.29) is 11.8 Å². The molecule has 4 heteroatoms. The van der Waals surface area contributed by atoms with Crippen LogP contribution in [0.15, 0.2) is 36.4 Å². The first-order valence-electron chi connectivity index (χ1n) is 8.26. The van der Waals surface area contributed by atoms with Gasteiger partial charge in [0, 0.05) is 29.9 Å². The largest absolute Gasteiger partial charge is 0.322 e. The van der Waals surface area contributed by atoms with Crippen LogP contribution in [0.1, 0.15) is 39.9 Å². The maximum atomic E-state index is 12.5. The lowest BCUT2D eigenvalue weighted by Crippen LogP contribution is -2.24. The molecule has 0 unspecified atom stereocenters. The van der Waals surface area contributed by atoms with Crippen LogP contribution >= 0.6 is 0 Å². The third kappa shape index (κ3) is 3.04. The van der Waals surface area contributed by atoms with Gasteiger partial charge in [-0.2, -0.15) is 0 Å². The maximum absolute atomic E-state index is 12.5. The van der Waals surface area contributed by atoms with Gasteiger partial charge in [-0.1, -0.05) is 12.1 Å². The van der Waals surface area contributed by atoms with Crippen molar-refractivity contribution in [2.45, 2.75) is 33.6 Å². The Balaban J connectivity index is 1.81. The first-order valence-corrected chi connectivity index (χ1v) is 8.26. The summed E-state index contributed by atoms with van der Waals surface area (Å²) in [5, 5.41) is 2.95. The van der Waals surface area contributed by atoms with Gasteiger partial charge in [0.1, 0.15) is 0 Å². The predicted molar refractivity (Wildman–Crippen MR) is 96.6 cm³/mol. The average molecular weight is 322 g/mol. The SMILES string of the molecule is Cc1cc(NC(=O)c2cccc(C)c2C)ccc1N1CCCC1=O. The number of nitrogens with zero attached hydrogens (tertiary/aromatic N) is 1. The van der Waals surface area contributed by atoms with E-state index in [0.29, 0.717) is 12.0 Å². The van der Waals surface area contributed by atoms with Crippen LogP contribution < -0.4 is 10.2 Å². The molecule has 2 amide bonds. The molecular formula is C20H22N2O2. The molecule has 1 fully saturated rings. The molecule has 0 radical (unpaired) electrons. The Morgan fingerprint density at radius 3 is 2.54 bits per heavy atom. The standard InChI is InChI=1S/C20H22N2O2/c1-13-6-4-7-17(15(13)3)20(24)21-16-9-10-18(14(2)12-16)22-11-5-8-19(22)23/h4,6-7,9-10,12H,5,8,11H2,1-3H3,(H,21,24). The fourth-order valence-corrected chi connectivity index (χ4v) is 3.13. The molecule has 24 heavy (non-hydrogen) atoms. The van der Waals surface area contributed by atoms with Gasteiger partial charge >= 0.3 is 0 Å². The number of rotatable bonds is 3. The Bertz CT molecular complexity index is 811. The Morgan fingerprint density at radius 2 is 1.88 bits per heavy atom. The van der Waals surface area contributed by atoms with Crippen LogP contribution in [0.2, 0.25) is 0 Å². The highest BCUT2D eigenvalue weighted by molar-refractivity contribution is 6.05. The van der Waals surface area contributed by atoms with Gasteiger partial charge < -0.3 is 10.2 Å². The summed E-state index contributed by atoms with van der Waals surface area (Å²) in [6.45, 7) is 6.69. The van der Waals surface area contributed by atoms with Crippen molar-refractivity contribution >= 4 is 23.2 Å². The topological polar surface area (TPSA) is 49.4 Å². The molecule has 1 N–H and O–H groups in total. The molecule has 0 aromatic heterocycles. The summed E-state index contributed by atoms with van der Waals surface area (Å²) in [6, 6.07) is 11.4. The van der Waals surface area contributed by atoms with E-state index < -0.39 is 0 Å². The van der Waals surface area contributed by atoms with Gasteiger partial charge in [0.15, 0.2) is 0 Å². The second-order valence-corrected chi connectivity index (χ2v) is 6.35. The van der Waals surface area contributed by atoms with E-state index in [0.717, 1.165) is 41.0 Å². The van der Waals surface area contributed by atoms with E-state index in [1.807, 2.05) is 62.1 Å². The number of hydrogen-bond acceptors (Lipinski definition) is 2. The third-order valence-electron chi connectivity index (χ3n) is 4.67. The van der Waals surface area contributed by atoms with Crippen LogP contribution in [-0.2, 0) is 4.79 Å². The molecule has 2 aromatic rings. The summed E-state index contributed by atoms with van der Waals surface area (Å²) < 4.78 is 0. The molecular weight excluding hydrogens is 300 g/mol. The van der Waals surface area contributed by atoms with Crippen LogP contribution in [0.3, 0.4) is 0 Å². The molecule has 0 bridgehead atoms. The van der Waals surface area contributed by atoms with Crippen molar-refractivity contribution in [3.63, 3.8) is 0 Å². The number of hydrogen-bond donors (Lipinski definition) is 1. The molecule has 4 nitrogen and oxygen atoms in total. The van der Waals surface area contributed by atoms with E-state index in [1.165, 1.54) is 0 Å². The average Bonchev–Trinajstić information content (AvgIpc) is 2.96. The van der Waals surface area contributed by atoms with Gasteiger partial charge in [-0.3, -0.25) is 9.59 Å². The van der Waals surface area contributed by atoms with Crippen LogP contribution in [0.4, 0.5) is 11.4 Å². The normalized spacial score (nSPS) is 14.1. The summed E-state index contributed by atoms with van der Waals surface area (Å²) >= 11 is 0. The van der Waals surface area contributed by atoms with Crippen LogP contribution in [0.25, 0.3) is 0 Å². The number of carbonyl (C=O) groups is 2. The number of carbonyl (C=O) groups excluding carboxylic acids is 2. The van der Waals surface area contributed by atoms with E-state index in [9.17, 15) is 9.59 Å². The lowest BCUT2D eigenvalue weighted by molar-refractivity contribution is -0.117. The number of aryl methyl sites for hydroxylation is 2. The molecule has 0 aliphatic carbocycles. The Morgan fingerprint density at radius 1 is 1.08 bits per heavy atom. The predicted octanol–water partition coefficient (Wildman–Crippen LogP) is 3.99. The van der Waals surface area contributed by atoms with E-state index in [1.54, 1.807) is 0 Å². The Kier molecular flexibility index (Phi) is 4.38. The maximum Gasteiger partial charge on any atom is 0.255 e. The number of amides is 2. The lowest BCUT2D eigenvalue weighted by atomic mass is 10.0. The van der Waals surface area contributed by atoms with Gasteiger partial charge in [-0.25, -0.2) is 0 Å². The molecule has 0 saturated carbocycles. The second-order valence-electron chi connectivity index (χ2n) is 6.35. The minimum atomic E-state index is -0.111. The minimum Gasteiger partial charge on any atom is -0.322 e. The zero-order chi connectivity index (χ0) is 17.3. The first-order chi connectivity index (χ1) is 11.5. The Hall–Kier alpha value is -2.62. The van der Waals surface area contributed by atoms with Crippen LogP contribution in [0.5, 0.6) is 0 Å². The Labute approximate surface area is 142 Å². The van der Waals surface area contributed by atoms with Gasteiger partial charge in [0.2, 0.25) is 5.91 Å². The number of benzene rings is 2. The quantitative estimate of drug-likeness (QED) is 0.929. The molecule has 1 saturated heterocycles. The number of nitrogens with one attached hydrogen (secondary N) is 1. The van der Waals surface area contributed by atoms with Crippen LogP contribution in [-0.4, -0.2) is 18.4 Å². The zero-order valence-electron chi connectivity index (χ0n) is 14.3. The molecule has 0 atom stereocenters. The molecule has 3 rings (SSSR count). The van der Waals surface area contributed by atoms with Crippen molar-refractivity contribution in [3.8, 4) is 0 Å². The summed E-state index contributed by atoms with van der Waals surface area (Å²) in [4.78, 5) is 26.2. The van der Waals surface area contributed by atoms with Crippen molar-refractivity contribution in [3.05, 3.63) is 58.7 Å². The van der Waals surface area contributed by atoms with E-state index in [4.69, 9.17) is 0 Å². The molecule has 0 spiro atoms. The molecule has 1 heterocycles. The third-order valence-corrected chi connectivity index (χ3v) is 4.67. The van der Waals surface area contributed by atoms with E-state index >= 15 is 0 Å². The van der Waals surface area contributed by atoms with Gasteiger partial charge in [-0.05, 0) is 68.1 Å². The minimum absolute atomic E-state index is 0.111. The lowest BCUT2D eigenvalue weighted by Gasteiger charge is -2.19. The molecule has 124 valence electrons. The van der Waals surface area contributed by atoms with Gasteiger partial charge in [-0.15, -0.1) is 0 Å². The van der Waals surface area contributed by atoms with Crippen molar-refractivity contribution in [2.24, 2.45) is 0 Å². The van der Waals surface area contributed by atoms with Crippen LogP contribution in [0, 0.1) is 20.8 Å². The smallest absolute Gasteiger partial charge is 0.255 e. The first kappa shape index (κ1) is 16.2. The van der Waals surface area contributed by atoms with Gasteiger partial charge in [0.25, 0.3) is 5.91 Å². The van der Waals surface area contributed by atoms with Crippen molar-refractivity contribution in [1.29, 1.82) is 0 Å². The highest BCUT2D eigenvalue weighted by Gasteiger charge is 2.23. The highest BCUT2D eigenvalue weighted by Crippen LogP contribution is 2.27. The molecule has 2 aromatic carbocycles. The summed E-state index contributed by atoms with van der Waals surface area (Å²) in [5.41, 5.74) is 5.44. The van der Waals surface area contributed by atoms with Crippen molar-refractivity contribution < 1.29 is 9.59 Å². The van der Waals surface area contributed by atoms with E-state index in [2.05, 4.69) is 5.32 Å². The van der Waals surface area contributed by atoms with Crippen molar-refractivity contribution in [1.82, 2.24) is 0 Å². The monoisotopic (exact) mass is 322 g/mol. The summed E-state index contributed by atoms with van der Waals surface area (Å²) in [7, 11) is 0. The summed E-state index contributed by atoms with van der Waals surface area (Å²) in [6.07, 6.45) is 1.52. The van der Waals surface area contributed by atoms with Gasteiger partial charge in [0.05, 0.1) is 0 Å². The zero-order valence-corrected chi connectivity index (χ0v) is 14.3. The molecule has 1 aliphatic heterocycles. The number of anilines is 2. The fourth-order valence-electron chi connectivity index (χ4n) is 3.13. The van der Waals surface area contributed by atoms with Crippen molar-refractivity contribution in [2.75, 3.05) is 16.8 Å². The highest BCUT2D eigenvalue weighted by atomic mass is 16.2. The summed E-state index contributed by atoms with van der Waals surface area (Å²) in [5.74, 6) is 0.0610.